The number of aromatic nitrogens is 3. The Kier molecular flexibility index (Phi) is 7.28. The Hall–Kier alpha value is -2.22. The third kappa shape index (κ3) is 4.29. The van der Waals surface area contributed by atoms with E-state index in [9.17, 15) is 4.79 Å². The highest BCUT2D eigenvalue weighted by Gasteiger charge is 2.27. The molecule has 4 rings (SSSR count). The third-order valence-electron chi connectivity index (χ3n) is 5.21. The Morgan fingerprint density at radius 2 is 1.90 bits per heavy atom. The van der Waals surface area contributed by atoms with Gasteiger partial charge in [0.2, 0.25) is 0 Å². The zero-order valence-corrected chi connectivity index (χ0v) is 19.3. The molecule has 0 atom stereocenters. The maximum atomic E-state index is 12.8. The van der Waals surface area contributed by atoms with E-state index in [0.717, 1.165) is 60.3 Å². The predicted octanol–water partition coefficient (Wildman–Crippen LogP) is 4.63. The molecule has 0 unspecified atom stereocenters. The van der Waals surface area contributed by atoms with Crippen LogP contribution >= 0.6 is 23.7 Å². The van der Waals surface area contributed by atoms with Crippen molar-refractivity contribution in [1.29, 1.82) is 0 Å². The number of halogens is 1. The maximum Gasteiger partial charge on any atom is 0.256 e. The Morgan fingerprint density at radius 1 is 1.17 bits per heavy atom. The quantitative estimate of drug-likeness (QED) is 0.532. The fourth-order valence-corrected chi connectivity index (χ4v) is 4.72. The number of hydrogen-bond donors (Lipinski definition) is 0. The van der Waals surface area contributed by atoms with Crippen LogP contribution in [0.1, 0.15) is 48.4 Å². The summed E-state index contributed by atoms with van der Waals surface area (Å²) in [6.07, 6.45) is 4.11. The van der Waals surface area contributed by atoms with Gasteiger partial charge in [0.15, 0.2) is 0 Å². The van der Waals surface area contributed by atoms with Crippen molar-refractivity contribution in [3.8, 4) is 16.4 Å². The van der Waals surface area contributed by atoms with Crippen LogP contribution in [0.5, 0.6) is 0 Å². The van der Waals surface area contributed by atoms with Gasteiger partial charge in [-0.1, -0.05) is 26.0 Å². The molecular formula is C22H28ClN5OS. The number of thiazole rings is 1. The van der Waals surface area contributed by atoms with Crippen LogP contribution in [-0.2, 0) is 13.1 Å². The highest BCUT2D eigenvalue weighted by Crippen LogP contribution is 2.32. The average Bonchev–Trinajstić information content (AvgIpc) is 3.32. The van der Waals surface area contributed by atoms with E-state index in [-0.39, 0.29) is 18.3 Å². The fraction of sp³-hybridized carbons (Fsp3) is 0.409. The van der Waals surface area contributed by atoms with Gasteiger partial charge in [0, 0.05) is 19.0 Å². The zero-order valence-electron chi connectivity index (χ0n) is 17.7. The van der Waals surface area contributed by atoms with Crippen molar-refractivity contribution in [2.75, 3.05) is 20.1 Å². The lowest BCUT2D eigenvalue weighted by atomic mass is 10.1. The molecule has 0 aliphatic carbocycles. The summed E-state index contributed by atoms with van der Waals surface area (Å²) in [7, 11) is 1.84. The van der Waals surface area contributed by atoms with Crippen molar-refractivity contribution in [1.82, 2.24) is 24.3 Å². The second-order valence-corrected chi connectivity index (χ2v) is 8.37. The molecule has 0 saturated carbocycles. The van der Waals surface area contributed by atoms with Gasteiger partial charge >= 0.3 is 0 Å². The average molecular weight is 446 g/mol. The molecule has 160 valence electrons. The van der Waals surface area contributed by atoms with Gasteiger partial charge in [-0.25, -0.2) is 9.97 Å². The Balaban J connectivity index is 0.00000256. The SMILES string of the molecule is CCCN(CCC)Cc1csc(-c2ncn3c2CN(C)C(=O)c2ccccc2-3)n1.Cl. The predicted molar refractivity (Wildman–Crippen MR) is 124 cm³/mol. The minimum atomic E-state index is 0. The van der Waals surface area contributed by atoms with Crippen LogP contribution in [0.15, 0.2) is 36.0 Å². The molecule has 1 aliphatic rings. The first-order valence-corrected chi connectivity index (χ1v) is 11.1. The lowest BCUT2D eigenvalue weighted by Gasteiger charge is -2.19. The van der Waals surface area contributed by atoms with E-state index in [0.29, 0.717) is 12.1 Å². The van der Waals surface area contributed by atoms with Crippen molar-refractivity contribution in [3.05, 3.63) is 52.9 Å². The number of amides is 1. The lowest BCUT2D eigenvalue weighted by molar-refractivity contribution is 0.0788. The van der Waals surface area contributed by atoms with Crippen molar-refractivity contribution < 1.29 is 4.79 Å². The van der Waals surface area contributed by atoms with Gasteiger partial charge in [0.25, 0.3) is 5.91 Å². The Labute approximate surface area is 188 Å². The first-order chi connectivity index (χ1) is 14.1. The van der Waals surface area contributed by atoms with Gasteiger partial charge in [-0.2, -0.15) is 0 Å². The van der Waals surface area contributed by atoms with Crippen molar-refractivity contribution in [2.24, 2.45) is 0 Å². The highest BCUT2D eigenvalue weighted by molar-refractivity contribution is 7.13. The number of imidazole rings is 1. The van der Waals surface area contributed by atoms with E-state index < -0.39 is 0 Å². The minimum absolute atomic E-state index is 0. The normalized spacial score (nSPS) is 13.1. The summed E-state index contributed by atoms with van der Waals surface area (Å²) in [5, 5.41) is 3.06. The lowest BCUT2D eigenvalue weighted by Crippen LogP contribution is -2.25. The van der Waals surface area contributed by atoms with Crippen LogP contribution in [0.25, 0.3) is 16.4 Å². The molecule has 0 radical (unpaired) electrons. The van der Waals surface area contributed by atoms with Crippen molar-refractivity contribution in [2.45, 2.75) is 39.8 Å². The van der Waals surface area contributed by atoms with Gasteiger partial charge in [0.05, 0.1) is 29.2 Å². The smallest absolute Gasteiger partial charge is 0.256 e. The maximum absolute atomic E-state index is 12.8. The number of benzene rings is 1. The summed E-state index contributed by atoms with van der Waals surface area (Å²) in [4.78, 5) is 26.6. The van der Waals surface area contributed by atoms with Gasteiger partial charge in [-0.05, 0) is 38.1 Å². The van der Waals surface area contributed by atoms with Crippen LogP contribution in [-0.4, -0.2) is 50.4 Å². The monoisotopic (exact) mass is 445 g/mol. The molecule has 0 spiro atoms. The molecule has 1 aliphatic heterocycles. The molecular weight excluding hydrogens is 418 g/mol. The van der Waals surface area contributed by atoms with Gasteiger partial charge < -0.3 is 4.90 Å². The summed E-state index contributed by atoms with van der Waals surface area (Å²) in [5.41, 5.74) is 4.55. The van der Waals surface area contributed by atoms with E-state index >= 15 is 0 Å². The number of fused-ring (bicyclic) bond motifs is 3. The molecule has 0 saturated heterocycles. The van der Waals surface area contributed by atoms with Crippen molar-refractivity contribution in [3.63, 3.8) is 0 Å². The van der Waals surface area contributed by atoms with Gasteiger partial charge in [-0.3, -0.25) is 14.3 Å². The molecule has 30 heavy (non-hydrogen) atoms. The molecule has 3 heterocycles. The van der Waals surface area contributed by atoms with Crippen molar-refractivity contribution >= 4 is 29.7 Å². The molecule has 6 nitrogen and oxygen atoms in total. The Morgan fingerprint density at radius 3 is 2.63 bits per heavy atom. The molecule has 3 aromatic rings. The largest absolute Gasteiger partial charge is 0.336 e. The topological polar surface area (TPSA) is 54.3 Å². The standard InChI is InChI=1S/C22H27N5OS.ClH/c1-4-10-26(11-5-2)12-16-14-29-21(24-16)20-19-13-25(3)22(28)17-8-6-7-9-18(17)27(19)15-23-20;/h6-9,14-15H,4-5,10-13H2,1-3H3;1H. The molecule has 1 aromatic carbocycles. The summed E-state index contributed by atoms with van der Waals surface area (Å²) in [6, 6.07) is 7.71. The minimum Gasteiger partial charge on any atom is -0.336 e. The first kappa shape index (κ1) is 22.5. The van der Waals surface area contributed by atoms with Crippen LogP contribution in [0, 0.1) is 0 Å². The number of para-hydroxylation sites is 1. The van der Waals surface area contributed by atoms with E-state index in [1.807, 2.05) is 42.2 Å². The second kappa shape index (κ2) is 9.73. The number of hydrogen-bond acceptors (Lipinski definition) is 5. The van der Waals surface area contributed by atoms with E-state index in [4.69, 9.17) is 9.97 Å². The van der Waals surface area contributed by atoms with E-state index in [2.05, 4.69) is 24.1 Å². The highest BCUT2D eigenvalue weighted by atomic mass is 35.5. The number of carbonyl (C=O) groups excluding carboxylic acids is 1. The van der Waals surface area contributed by atoms with Crippen LogP contribution in [0.4, 0.5) is 0 Å². The summed E-state index contributed by atoms with van der Waals surface area (Å²) >= 11 is 1.63. The van der Waals surface area contributed by atoms with Crippen LogP contribution in [0.3, 0.4) is 0 Å². The summed E-state index contributed by atoms with van der Waals surface area (Å²) in [6.45, 7) is 7.98. The molecule has 8 heteroatoms. The summed E-state index contributed by atoms with van der Waals surface area (Å²) in [5.74, 6) is 0.0323. The van der Waals surface area contributed by atoms with E-state index in [1.165, 1.54) is 0 Å². The number of rotatable bonds is 7. The molecule has 1 amide bonds. The van der Waals surface area contributed by atoms with Crippen LogP contribution in [0.2, 0.25) is 0 Å². The third-order valence-corrected chi connectivity index (χ3v) is 6.11. The summed E-state index contributed by atoms with van der Waals surface area (Å²) < 4.78 is 2.04. The first-order valence-electron chi connectivity index (χ1n) is 10.2. The van der Waals surface area contributed by atoms with E-state index in [1.54, 1.807) is 16.2 Å². The second-order valence-electron chi connectivity index (χ2n) is 7.51. The molecule has 2 aromatic heterocycles. The number of carbonyl (C=O) groups is 1. The molecule has 0 bridgehead atoms. The molecule has 0 fully saturated rings. The van der Waals surface area contributed by atoms with Gasteiger partial charge in [-0.15, -0.1) is 23.7 Å². The van der Waals surface area contributed by atoms with Crippen LogP contribution < -0.4 is 0 Å². The zero-order chi connectivity index (χ0) is 20.4. The number of nitrogens with zero attached hydrogens (tertiary/aromatic N) is 5. The van der Waals surface area contributed by atoms with Gasteiger partial charge in [0.1, 0.15) is 17.0 Å². The molecule has 0 N–H and O–H groups in total. The Bertz CT molecular complexity index is 1010. The fourth-order valence-electron chi connectivity index (χ4n) is 3.90.